The topological polar surface area (TPSA) is 56.3 Å². The van der Waals surface area contributed by atoms with Crippen molar-refractivity contribution in [2.75, 3.05) is 32.1 Å². The average molecular weight is 439 g/mol. The standard InChI is InChI=1S/C25H30N4O.ClH/c1-16-19(14-26)21-23(30-24(27-21)25(2,3)4)22(20(16)17-10-8-7-9-11-17)29-13-12-18(15-29)28(5)6;/h7-11,18H,12-13,15H2,1-6H3;1H/t18-;/m0./s1. The molecule has 0 bridgehead atoms. The fraction of sp³-hybridized carbons (Fsp3) is 0.440. The van der Waals surface area contributed by atoms with Crippen LogP contribution < -0.4 is 4.90 Å². The quantitative estimate of drug-likeness (QED) is 0.537. The molecule has 3 aromatic rings. The predicted molar refractivity (Wildman–Crippen MR) is 129 cm³/mol. The highest BCUT2D eigenvalue weighted by Gasteiger charge is 2.33. The molecular formula is C25H31ClN4O. The van der Waals surface area contributed by atoms with Gasteiger partial charge in [-0.15, -0.1) is 12.4 Å². The molecule has 31 heavy (non-hydrogen) atoms. The van der Waals surface area contributed by atoms with E-state index in [1.807, 2.05) is 25.1 Å². The zero-order valence-corrected chi connectivity index (χ0v) is 20.0. The third-order valence-corrected chi connectivity index (χ3v) is 6.09. The van der Waals surface area contributed by atoms with Crippen molar-refractivity contribution in [3.8, 4) is 17.2 Å². The van der Waals surface area contributed by atoms with Gasteiger partial charge in [-0.2, -0.15) is 5.26 Å². The van der Waals surface area contributed by atoms with Gasteiger partial charge in [0.15, 0.2) is 5.58 Å². The number of nitriles is 1. The SMILES string of the molecule is Cc1c(-c2ccccc2)c(N2CC[C@H](N(C)C)C2)c2oc(C(C)(C)C)nc2c1C#N.Cl. The van der Waals surface area contributed by atoms with Crippen LogP contribution in [0.25, 0.3) is 22.2 Å². The smallest absolute Gasteiger partial charge is 0.201 e. The Morgan fingerprint density at radius 1 is 1.19 bits per heavy atom. The van der Waals surface area contributed by atoms with Crippen molar-refractivity contribution < 1.29 is 4.42 Å². The highest BCUT2D eigenvalue weighted by molar-refractivity contribution is 6.02. The number of fused-ring (bicyclic) bond motifs is 1. The lowest BCUT2D eigenvalue weighted by Crippen LogP contribution is -2.31. The van der Waals surface area contributed by atoms with E-state index in [2.05, 4.69) is 62.9 Å². The number of aromatic nitrogens is 1. The van der Waals surface area contributed by atoms with Gasteiger partial charge < -0.3 is 14.2 Å². The van der Waals surface area contributed by atoms with Gasteiger partial charge in [0, 0.05) is 30.1 Å². The van der Waals surface area contributed by atoms with Gasteiger partial charge >= 0.3 is 0 Å². The fourth-order valence-corrected chi connectivity index (χ4v) is 4.33. The highest BCUT2D eigenvalue weighted by Crippen LogP contribution is 2.45. The first-order chi connectivity index (χ1) is 14.2. The molecule has 1 aromatic heterocycles. The lowest BCUT2D eigenvalue weighted by molar-refractivity contribution is 0.315. The number of anilines is 1. The van der Waals surface area contributed by atoms with E-state index < -0.39 is 0 Å². The lowest BCUT2D eigenvalue weighted by Gasteiger charge is -2.25. The molecule has 0 spiro atoms. The number of rotatable bonds is 3. The Hall–Kier alpha value is -2.55. The molecule has 0 amide bonds. The Kier molecular flexibility index (Phi) is 6.36. The Labute approximate surface area is 191 Å². The van der Waals surface area contributed by atoms with Crippen molar-refractivity contribution in [1.82, 2.24) is 9.88 Å². The van der Waals surface area contributed by atoms with Crippen molar-refractivity contribution in [2.45, 2.75) is 45.6 Å². The van der Waals surface area contributed by atoms with Gasteiger partial charge in [-0.1, -0.05) is 51.1 Å². The zero-order chi connectivity index (χ0) is 21.6. The fourth-order valence-electron chi connectivity index (χ4n) is 4.33. The molecule has 4 rings (SSSR count). The van der Waals surface area contributed by atoms with E-state index >= 15 is 0 Å². The number of halogens is 1. The van der Waals surface area contributed by atoms with Crippen LogP contribution >= 0.6 is 12.4 Å². The summed E-state index contributed by atoms with van der Waals surface area (Å²) in [7, 11) is 4.27. The number of benzene rings is 2. The lowest BCUT2D eigenvalue weighted by atomic mass is 9.93. The van der Waals surface area contributed by atoms with Crippen LogP contribution in [-0.2, 0) is 5.41 Å². The molecular weight excluding hydrogens is 408 g/mol. The van der Waals surface area contributed by atoms with Crippen LogP contribution in [0.1, 0.15) is 44.2 Å². The van der Waals surface area contributed by atoms with Crippen molar-refractivity contribution in [2.24, 2.45) is 0 Å². The molecule has 0 aliphatic carbocycles. The van der Waals surface area contributed by atoms with E-state index in [9.17, 15) is 5.26 Å². The van der Waals surface area contributed by atoms with Crippen LogP contribution in [-0.4, -0.2) is 43.1 Å². The molecule has 5 nitrogen and oxygen atoms in total. The number of hydrogen-bond donors (Lipinski definition) is 0. The third kappa shape index (κ3) is 4.03. The number of hydrogen-bond acceptors (Lipinski definition) is 5. The summed E-state index contributed by atoms with van der Waals surface area (Å²) in [5, 5.41) is 10.0. The van der Waals surface area contributed by atoms with Crippen LogP contribution in [0.15, 0.2) is 34.7 Å². The third-order valence-electron chi connectivity index (χ3n) is 6.09. The molecule has 2 aromatic carbocycles. The zero-order valence-electron chi connectivity index (χ0n) is 19.2. The van der Waals surface area contributed by atoms with Crippen molar-refractivity contribution >= 4 is 29.2 Å². The molecule has 0 unspecified atom stereocenters. The normalized spacial score (nSPS) is 16.6. The summed E-state index contributed by atoms with van der Waals surface area (Å²) in [6, 6.07) is 13.2. The van der Waals surface area contributed by atoms with Gasteiger partial charge in [-0.05, 0) is 38.6 Å². The Morgan fingerprint density at radius 3 is 2.42 bits per heavy atom. The van der Waals surface area contributed by atoms with E-state index in [1.165, 1.54) is 0 Å². The maximum atomic E-state index is 10.0. The van der Waals surface area contributed by atoms with Gasteiger partial charge in [0.25, 0.3) is 0 Å². The molecule has 6 heteroatoms. The van der Waals surface area contributed by atoms with Crippen molar-refractivity contribution in [3.63, 3.8) is 0 Å². The maximum absolute atomic E-state index is 10.0. The van der Waals surface area contributed by atoms with Gasteiger partial charge in [-0.25, -0.2) is 4.98 Å². The van der Waals surface area contributed by atoms with E-state index in [1.54, 1.807) is 0 Å². The summed E-state index contributed by atoms with van der Waals surface area (Å²) in [4.78, 5) is 9.52. The molecule has 1 atom stereocenters. The van der Waals surface area contributed by atoms with Crippen LogP contribution in [0.5, 0.6) is 0 Å². The monoisotopic (exact) mass is 438 g/mol. The first-order valence-electron chi connectivity index (χ1n) is 10.6. The minimum Gasteiger partial charge on any atom is -0.438 e. The van der Waals surface area contributed by atoms with Crippen molar-refractivity contribution in [3.05, 3.63) is 47.3 Å². The molecule has 1 fully saturated rings. The van der Waals surface area contributed by atoms with E-state index in [0.717, 1.165) is 47.5 Å². The molecule has 0 radical (unpaired) electrons. The van der Waals surface area contributed by atoms with Crippen LogP contribution in [0.3, 0.4) is 0 Å². The molecule has 1 aliphatic heterocycles. The summed E-state index contributed by atoms with van der Waals surface area (Å²) < 4.78 is 6.41. The van der Waals surface area contributed by atoms with Gasteiger partial charge in [0.05, 0.1) is 11.3 Å². The first-order valence-corrected chi connectivity index (χ1v) is 10.6. The largest absolute Gasteiger partial charge is 0.438 e. The predicted octanol–water partition coefficient (Wildman–Crippen LogP) is 5.53. The molecule has 2 heterocycles. The van der Waals surface area contributed by atoms with E-state index in [0.29, 0.717) is 23.0 Å². The number of oxazole rings is 1. The van der Waals surface area contributed by atoms with Crippen LogP contribution in [0.4, 0.5) is 5.69 Å². The van der Waals surface area contributed by atoms with Crippen molar-refractivity contribution in [1.29, 1.82) is 5.26 Å². The summed E-state index contributed by atoms with van der Waals surface area (Å²) in [5.74, 6) is 0.670. The summed E-state index contributed by atoms with van der Waals surface area (Å²) in [6.07, 6.45) is 1.10. The molecule has 0 N–H and O–H groups in total. The number of nitrogens with zero attached hydrogens (tertiary/aromatic N) is 4. The summed E-state index contributed by atoms with van der Waals surface area (Å²) in [5.41, 5.74) is 6.01. The van der Waals surface area contributed by atoms with E-state index in [4.69, 9.17) is 9.40 Å². The Balaban J connectivity index is 0.00000272. The summed E-state index contributed by atoms with van der Waals surface area (Å²) >= 11 is 0. The Bertz CT molecular complexity index is 1120. The molecule has 164 valence electrons. The second-order valence-electron chi connectivity index (χ2n) is 9.50. The van der Waals surface area contributed by atoms with Crippen LogP contribution in [0.2, 0.25) is 0 Å². The Morgan fingerprint density at radius 2 is 1.87 bits per heavy atom. The number of likely N-dealkylation sites (N-methyl/N-ethyl adjacent to an activating group) is 1. The second-order valence-corrected chi connectivity index (χ2v) is 9.50. The minimum absolute atomic E-state index is 0. The van der Waals surface area contributed by atoms with Gasteiger partial charge in [-0.3, -0.25) is 0 Å². The van der Waals surface area contributed by atoms with Gasteiger partial charge in [0.1, 0.15) is 11.6 Å². The average Bonchev–Trinajstić information content (AvgIpc) is 3.35. The minimum atomic E-state index is -0.235. The van der Waals surface area contributed by atoms with Gasteiger partial charge in [0.2, 0.25) is 5.89 Å². The molecule has 1 saturated heterocycles. The highest BCUT2D eigenvalue weighted by atomic mass is 35.5. The summed E-state index contributed by atoms with van der Waals surface area (Å²) in [6.45, 7) is 10.2. The maximum Gasteiger partial charge on any atom is 0.201 e. The molecule has 0 saturated carbocycles. The first kappa shape index (κ1) is 23.1. The molecule has 1 aliphatic rings. The van der Waals surface area contributed by atoms with E-state index in [-0.39, 0.29) is 17.8 Å². The second kappa shape index (κ2) is 8.53. The van der Waals surface area contributed by atoms with Crippen LogP contribution in [0, 0.1) is 18.3 Å².